The van der Waals surface area contributed by atoms with Crippen molar-refractivity contribution in [2.45, 2.75) is 6.04 Å². The first-order valence-electron chi connectivity index (χ1n) is 6.85. The van der Waals surface area contributed by atoms with Gasteiger partial charge in [-0.1, -0.05) is 17.7 Å². The Morgan fingerprint density at radius 3 is 2.50 bits per heavy atom. The largest absolute Gasteiger partial charge is 0.336 e. The third kappa shape index (κ3) is 2.53. The quantitative estimate of drug-likeness (QED) is 0.891. The molecular formula is C14H17ClFN3O. The van der Waals surface area contributed by atoms with Crippen molar-refractivity contribution in [3.05, 3.63) is 34.6 Å². The number of hydrogen-bond acceptors (Lipinski definition) is 3. The van der Waals surface area contributed by atoms with Gasteiger partial charge in [-0.05, 0) is 12.1 Å². The highest BCUT2D eigenvalue weighted by molar-refractivity contribution is 6.33. The maximum absolute atomic E-state index is 13.8. The number of piperazine rings is 1. The average molecular weight is 298 g/mol. The molecule has 0 saturated carbocycles. The monoisotopic (exact) mass is 297 g/mol. The molecule has 2 saturated heterocycles. The van der Waals surface area contributed by atoms with Crippen molar-refractivity contribution in [3.8, 4) is 0 Å². The van der Waals surface area contributed by atoms with E-state index in [1.165, 1.54) is 12.1 Å². The molecule has 2 fully saturated rings. The van der Waals surface area contributed by atoms with Crippen molar-refractivity contribution in [2.24, 2.45) is 0 Å². The van der Waals surface area contributed by atoms with E-state index >= 15 is 0 Å². The Bertz CT molecular complexity index is 493. The molecule has 6 heteroatoms. The fraction of sp³-hybridized carbons (Fsp3) is 0.500. The summed E-state index contributed by atoms with van der Waals surface area (Å²) in [5, 5.41) is 3.43. The van der Waals surface area contributed by atoms with Crippen LogP contribution in [-0.2, 0) is 0 Å². The van der Waals surface area contributed by atoms with E-state index in [4.69, 9.17) is 11.6 Å². The summed E-state index contributed by atoms with van der Waals surface area (Å²) in [7, 11) is 0. The Hall–Kier alpha value is -1.17. The van der Waals surface area contributed by atoms with Crippen molar-refractivity contribution in [2.75, 3.05) is 39.3 Å². The summed E-state index contributed by atoms with van der Waals surface area (Å²) < 4.78 is 13.8. The van der Waals surface area contributed by atoms with Gasteiger partial charge in [-0.2, -0.15) is 0 Å². The van der Waals surface area contributed by atoms with Crippen LogP contribution in [0.3, 0.4) is 0 Å². The van der Waals surface area contributed by atoms with Crippen molar-refractivity contribution in [1.82, 2.24) is 15.1 Å². The molecule has 2 heterocycles. The van der Waals surface area contributed by atoms with Gasteiger partial charge in [0, 0.05) is 45.3 Å². The normalized spacial score (nSPS) is 20.8. The first kappa shape index (κ1) is 13.8. The Balaban J connectivity index is 1.67. The minimum absolute atomic E-state index is 0.00655. The van der Waals surface area contributed by atoms with E-state index in [0.29, 0.717) is 19.1 Å². The number of benzene rings is 1. The van der Waals surface area contributed by atoms with Gasteiger partial charge in [0.05, 0.1) is 10.6 Å². The molecule has 0 radical (unpaired) electrons. The molecule has 108 valence electrons. The molecular weight excluding hydrogens is 281 g/mol. The number of carbonyl (C=O) groups excluding carboxylic acids is 1. The molecule has 0 bridgehead atoms. The first-order valence-corrected chi connectivity index (χ1v) is 7.22. The summed E-state index contributed by atoms with van der Waals surface area (Å²) in [6, 6.07) is 4.92. The highest BCUT2D eigenvalue weighted by atomic mass is 35.5. The lowest BCUT2D eigenvalue weighted by molar-refractivity contribution is 0.0498. The van der Waals surface area contributed by atoms with E-state index in [1.807, 2.05) is 0 Å². The average Bonchev–Trinajstić information content (AvgIpc) is 2.37. The van der Waals surface area contributed by atoms with Crippen LogP contribution in [0, 0.1) is 5.82 Å². The Morgan fingerprint density at radius 1 is 1.25 bits per heavy atom. The maximum Gasteiger partial charge on any atom is 0.258 e. The van der Waals surface area contributed by atoms with E-state index in [0.717, 1.165) is 26.2 Å². The lowest BCUT2D eigenvalue weighted by Gasteiger charge is -2.43. The second-order valence-electron chi connectivity index (χ2n) is 5.24. The summed E-state index contributed by atoms with van der Waals surface area (Å²) >= 11 is 5.95. The predicted molar refractivity (Wildman–Crippen MR) is 75.5 cm³/mol. The topological polar surface area (TPSA) is 35.6 Å². The molecule has 1 aromatic carbocycles. The van der Waals surface area contributed by atoms with E-state index in [9.17, 15) is 9.18 Å². The number of nitrogens with zero attached hydrogens (tertiary/aromatic N) is 2. The number of nitrogens with one attached hydrogen (secondary N) is 1. The number of hydrogen-bond donors (Lipinski definition) is 1. The molecule has 1 amide bonds. The van der Waals surface area contributed by atoms with Gasteiger partial charge >= 0.3 is 0 Å². The molecule has 0 spiro atoms. The zero-order chi connectivity index (χ0) is 14.1. The van der Waals surface area contributed by atoms with Gasteiger partial charge in [0.2, 0.25) is 0 Å². The molecule has 4 nitrogen and oxygen atoms in total. The number of carbonyl (C=O) groups is 1. The molecule has 0 atom stereocenters. The summed E-state index contributed by atoms with van der Waals surface area (Å²) in [5.41, 5.74) is -0.00655. The Morgan fingerprint density at radius 2 is 1.95 bits per heavy atom. The van der Waals surface area contributed by atoms with Gasteiger partial charge in [0.1, 0.15) is 5.82 Å². The molecule has 3 rings (SSSR count). The summed E-state index contributed by atoms with van der Waals surface area (Å²) in [4.78, 5) is 16.4. The first-order chi connectivity index (χ1) is 9.66. The lowest BCUT2D eigenvalue weighted by atomic mass is 10.1. The Kier molecular flexibility index (Phi) is 3.92. The van der Waals surface area contributed by atoms with E-state index in [-0.39, 0.29) is 16.5 Å². The Labute approximate surface area is 122 Å². The van der Waals surface area contributed by atoms with Crippen molar-refractivity contribution in [1.29, 1.82) is 0 Å². The van der Waals surface area contributed by atoms with Gasteiger partial charge in [-0.15, -0.1) is 0 Å². The molecule has 1 N–H and O–H groups in total. The predicted octanol–water partition coefficient (Wildman–Crippen LogP) is 1.21. The lowest BCUT2D eigenvalue weighted by Crippen LogP contribution is -2.62. The number of halogens is 2. The third-order valence-corrected chi connectivity index (χ3v) is 4.37. The van der Waals surface area contributed by atoms with Crippen molar-refractivity contribution < 1.29 is 9.18 Å². The van der Waals surface area contributed by atoms with Gasteiger partial charge in [-0.25, -0.2) is 4.39 Å². The van der Waals surface area contributed by atoms with Crippen molar-refractivity contribution in [3.63, 3.8) is 0 Å². The van der Waals surface area contributed by atoms with Crippen molar-refractivity contribution >= 4 is 17.5 Å². The third-order valence-electron chi connectivity index (χ3n) is 4.05. The van der Waals surface area contributed by atoms with E-state index in [1.54, 1.807) is 11.0 Å². The second kappa shape index (κ2) is 5.68. The smallest absolute Gasteiger partial charge is 0.258 e. The summed E-state index contributed by atoms with van der Waals surface area (Å²) in [5.74, 6) is -0.854. The van der Waals surface area contributed by atoms with E-state index in [2.05, 4.69) is 10.2 Å². The molecule has 0 unspecified atom stereocenters. The van der Waals surface area contributed by atoms with Crippen LogP contribution >= 0.6 is 11.6 Å². The van der Waals surface area contributed by atoms with Gasteiger partial charge in [-0.3, -0.25) is 9.69 Å². The van der Waals surface area contributed by atoms with Crippen LogP contribution in [0.1, 0.15) is 10.4 Å². The van der Waals surface area contributed by atoms with Crippen LogP contribution in [0.2, 0.25) is 5.02 Å². The van der Waals surface area contributed by atoms with Crippen LogP contribution < -0.4 is 5.32 Å². The minimum Gasteiger partial charge on any atom is -0.336 e. The molecule has 20 heavy (non-hydrogen) atoms. The van der Waals surface area contributed by atoms with Crippen LogP contribution in [0.25, 0.3) is 0 Å². The minimum atomic E-state index is -0.548. The van der Waals surface area contributed by atoms with Crippen LogP contribution in [0.4, 0.5) is 4.39 Å². The SMILES string of the molecule is O=C(c1c(F)cccc1Cl)N1CCN(C2CNC2)CC1. The second-order valence-corrected chi connectivity index (χ2v) is 5.64. The van der Waals surface area contributed by atoms with Gasteiger partial charge in [0.15, 0.2) is 0 Å². The summed E-state index contributed by atoms with van der Waals surface area (Å²) in [6.07, 6.45) is 0. The zero-order valence-electron chi connectivity index (χ0n) is 11.1. The molecule has 0 aromatic heterocycles. The van der Waals surface area contributed by atoms with Gasteiger partial charge < -0.3 is 10.2 Å². The van der Waals surface area contributed by atoms with Crippen LogP contribution in [0.15, 0.2) is 18.2 Å². The fourth-order valence-electron chi connectivity index (χ4n) is 2.68. The molecule has 2 aliphatic heterocycles. The number of rotatable bonds is 2. The molecule has 0 aliphatic carbocycles. The summed E-state index contributed by atoms with van der Waals surface area (Å²) in [6.45, 7) is 4.97. The maximum atomic E-state index is 13.8. The fourth-order valence-corrected chi connectivity index (χ4v) is 2.93. The van der Waals surface area contributed by atoms with E-state index < -0.39 is 5.82 Å². The standard InChI is InChI=1S/C14H17ClFN3O/c15-11-2-1-3-12(16)13(11)14(20)19-6-4-18(5-7-19)10-8-17-9-10/h1-3,10,17H,4-9H2. The number of amides is 1. The van der Waals surface area contributed by atoms with Crippen LogP contribution in [-0.4, -0.2) is 61.0 Å². The zero-order valence-corrected chi connectivity index (χ0v) is 11.9. The molecule has 2 aliphatic rings. The van der Waals surface area contributed by atoms with Crippen LogP contribution in [0.5, 0.6) is 0 Å². The highest BCUT2D eigenvalue weighted by Gasteiger charge is 2.30. The molecule has 1 aromatic rings. The highest BCUT2D eigenvalue weighted by Crippen LogP contribution is 2.22. The van der Waals surface area contributed by atoms with Gasteiger partial charge in [0.25, 0.3) is 5.91 Å².